The summed E-state index contributed by atoms with van der Waals surface area (Å²) >= 11 is 0. The molecule has 0 bridgehead atoms. The molecule has 14 heavy (non-hydrogen) atoms. The van der Waals surface area contributed by atoms with Crippen LogP contribution < -0.4 is 4.74 Å². The maximum atomic E-state index is 9.43. The van der Waals surface area contributed by atoms with E-state index in [0.717, 1.165) is 11.3 Å². The molecule has 2 aromatic rings. The third-order valence-corrected chi connectivity index (χ3v) is 1.98. The van der Waals surface area contributed by atoms with Crippen molar-refractivity contribution < 1.29 is 9.84 Å². The maximum Gasteiger partial charge on any atom is 0.161 e. The zero-order valence-corrected chi connectivity index (χ0v) is 7.69. The smallest absolute Gasteiger partial charge is 0.161 e. The number of nitrogens with one attached hydrogen (secondary N) is 1. The van der Waals surface area contributed by atoms with E-state index in [9.17, 15) is 5.11 Å². The molecule has 0 amide bonds. The number of nitrogens with zero attached hydrogens (tertiary/aromatic N) is 1. The van der Waals surface area contributed by atoms with Crippen LogP contribution in [-0.4, -0.2) is 22.4 Å². The Kier molecular flexibility index (Phi) is 2.10. The van der Waals surface area contributed by atoms with Gasteiger partial charge < -0.3 is 9.84 Å². The first kappa shape index (κ1) is 8.62. The van der Waals surface area contributed by atoms with Crippen LogP contribution >= 0.6 is 0 Å². The lowest BCUT2D eigenvalue weighted by Crippen LogP contribution is -1.84. The highest BCUT2D eigenvalue weighted by Gasteiger charge is 2.06. The van der Waals surface area contributed by atoms with E-state index >= 15 is 0 Å². The molecule has 0 spiro atoms. The molecule has 2 N–H and O–H groups in total. The van der Waals surface area contributed by atoms with Crippen molar-refractivity contribution in [1.82, 2.24) is 10.2 Å². The molecule has 0 saturated heterocycles. The Morgan fingerprint density at radius 3 is 2.93 bits per heavy atom. The fourth-order valence-electron chi connectivity index (χ4n) is 1.27. The van der Waals surface area contributed by atoms with Crippen molar-refractivity contribution in [2.24, 2.45) is 0 Å². The van der Waals surface area contributed by atoms with Gasteiger partial charge >= 0.3 is 0 Å². The first-order valence-electron chi connectivity index (χ1n) is 4.18. The van der Waals surface area contributed by atoms with Gasteiger partial charge in [-0.3, -0.25) is 5.10 Å². The molecule has 2 rings (SSSR count). The number of aromatic amines is 1. The number of ether oxygens (including phenoxy) is 1. The third-order valence-electron chi connectivity index (χ3n) is 1.98. The molecule has 0 aliphatic rings. The van der Waals surface area contributed by atoms with Gasteiger partial charge in [-0.2, -0.15) is 5.10 Å². The van der Waals surface area contributed by atoms with Crippen LogP contribution in [0.4, 0.5) is 0 Å². The molecule has 0 fully saturated rings. The van der Waals surface area contributed by atoms with Gasteiger partial charge in [-0.25, -0.2) is 0 Å². The molecule has 0 unspecified atom stereocenters. The van der Waals surface area contributed by atoms with E-state index in [1.807, 2.05) is 24.3 Å². The molecular formula is C10H10N2O2. The van der Waals surface area contributed by atoms with Crippen LogP contribution in [0.5, 0.6) is 11.5 Å². The summed E-state index contributed by atoms with van der Waals surface area (Å²) in [6.45, 7) is 0. The molecule has 0 radical (unpaired) electrons. The van der Waals surface area contributed by atoms with E-state index in [0.29, 0.717) is 5.69 Å². The van der Waals surface area contributed by atoms with E-state index in [1.165, 1.54) is 6.20 Å². The van der Waals surface area contributed by atoms with Crippen molar-refractivity contribution in [3.63, 3.8) is 0 Å². The van der Waals surface area contributed by atoms with Gasteiger partial charge in [0.1, 0.15) is 11.4 Å². The number of benzene rings is 1. The lowest BCUT2D eigenvalue weighted by atomic mass is 10.1. The molecule has 0 aliphatic heterocycles. The summed E-state index contributed by atoms with van der Waals surface area (Å²) in [6.07, 6.45) is 1.37. The standard InChI is InChI=1S/C10H10N2O2/c1-14-8-4-2-3-7(5-8)10-9(13)6-11-12-10/h2-6,13H,1H3,(H,11,12). The Morgan fingerprint density at radius 1 is 1.43 bits per heavy atom. The maximum absolute atomic E-state index is 9.43. The van der Waals surface area contributed by atoms with E-state index < -0.39 is 0 Å². The number of hydrogen-bond donors (Lipinski definition) is 2. The second-order valence-corrected chi connectivity index (χ2v) is 2.86. The number of H-pyrrole nitrogens is 1. The van der Waals surface area contributed by atoms with E-state index in [4.69, 9.17) is 4.74 Å². The number of hydrogen-bond acceptors (Lipinski definition) is 3. The van der Waals surface area contributed by atoms with Crippen LogP contribution in [0.25, 0.3) is 11.3 Å². The summed E-state index contributed by atoms with van der Waals surface area (Å²) in [5, 5.41) is 15.9. The van der Waals surface area contributed by atoms with Gasteiger partial charge in [0, 0.05) is 5.56 Å². The predicted octanol–water partition coefficient (Wildman–Crippen LogP) is 1.79. The second-order valence-electron chi connectivity index (χ2n) is 2.86. The highest BCUT2D eigenvalue weighted by atomic mass is 16.5. The molecule has 0 saturated carbocycles. The summed E-state index contributed by atoms with van der Waals surface area (Å²) in [5.41, 5.74) is 1.45. The second kappa shape index (κ2) is 3.41. The summed E-state index contributed by atoms with van der Waals surface area (Å²) in [7, 11) is 1.60. The Labute approximate surface area is 81.2 Å². The largest absolute Gasteiger partial charge is 0.504 e. The third kappa shape index (κ3) is 1.42. The molecule has 0 aliphatic carbocycles. The summed E-state index contributed by atoms with van der Waals surface area (Å²) < 4.78 is 5.08. The molecule has 0 atom stereocenters. The summed E-state index contributed by atoms with van der Waals surface area (Å²) in [4.78, 5) is 0. The number of aromatic hydroxyl groups is 1. The predicted molar refractivity (Wildman–Crippen MR) is 52.2 cm³/mol. The van der Waals surface area contributed by atoms with Gasteiger partial charge in [0.25, 0.3) is 0 Å². The van der Waals surface area contributed by atoms with Gasteiger partial charge in [-0.15, -0.1) is 0 Å². The van der Waals surface area contributed by atoms with Crippen LogP contribution in [0.15, 0.2) is 30.5 Å². The fraction of sp³-hybridized carbons (Fsp3) is 0.100. The van der Waals surface area contributed by atoms with Crippen LogP contribution in [0.1, 0.15) is 0 Å². The fourth-order valence-corrected chi connectivity index (χ4v) is 1.27. The van der Waals surface area contributed by atoms with Crippen molar-refractivity contribution in [3.05, 3.63) is 30.5 Å². The molecule has 1 aromatic carbocycles. The van der Waals surface area contributed by atoms with Crippen LogP contribution in [0, 0.1) is 0 Å². The lowest BCUT2D eigenvalue weighted by Gasteiger charge is -2.02. The minimum absolute atomic E-state index is 0.137. The van der Waals surface area contributed by atoms with Crippen molar-refractivity contribution >= 4 is 0 Å². The quantitative estimate of drug-likeness (QED) is 0.759. The van der Waals surface area contributed by atoms with Crippen molar-refractivity contribution in [2.75, 3.05) is 7.11 Å². The SMILES string of the molecule is COc1cccc(-c2[nH]ncc2O)c1. The molecule has 4 heteroatoms. The van der Waals surface area contributed by atoms with Crippen LogP contribution in [0.3, 0.4) is 0 Å². The van der Waals surface area contributed by atoms with E-state index in [-0.39, 0.29) is 5.75 Å². The van der Waals surface area contributed by atoms with Crippen molar-refractivity contribution in [3.8, 4) is 22.8 Å². The Hall–Kier alpha value is -1.97. The summed E-state index contributed by atoms with van der Waals surface area (Å²) in [6, 6.07) is 7.40. The topological polar surface area (TPSA) is 58.1 Å². The normalized spacial score (nSPS) is 10.1. The van der Waals surface area contributed by atoms with Gasteiger partial charge in [-0.1, -0.05) is 12.1 Å². The van der Waals surface area contributed by atoms with E-state index in [2.05, 4.69) is 10.2 Å². The Morgan fingerprint density at radius 2 is 2.29 bits per heavy atom. The Bertz CT molecular complexity index is 437. The van der Waals surface area contributed by atoms with Crippen molar-refractivity contribution in [1.29, 1.82) is 0 Å². The minimum Gasteiger partial charge on any atom is -0.504 e. The van der Waals surface area contributed by atoms with Crippen LogP contribution in [-0.2, 0) is 0 Å². The zero-order chi connectivity index (χ0) is 9.97. The number of methoxy groups -OCH3 is 1. The average Bonchev–Trinajstić information content (AvgIpc) is 2.65. The van der Waals surface area contributed by atoms with Crippen molar-refractivity contribution in [2.45, 2.75) is 0 Å². The lowest BCUT2D eigenvalue weighted by molar-refractivity contribution is 0.415. The molecule has 4 nitrogen and oxygen atoms in total. The molecule has 72 valence electrons. The molecular weight excluding hydrogens is 180 g/mol. The number of rotatable bonds is 2. The van der Waals surface area contributed by atoms with Gasteiger partial charge in [0.2, 0.25) is 0 Å². The molecule has 1 aromatic heterocycles. The first-order chi connectivity index (χ1) is 6.81. The highest BCUT2D eigenvalue weighted by molar-refractivity contribution is 5.66. The zero-order valence-electron chi connectivity index (χ0n) is 7.69. The number of aromatic nitrogens is 2. The van der Waals surface area contributed by atoms with E-state index in [1.54, 1.807) is 7.11 Å². The first-order valence-corrected chi connectivity index (χ1v) is 4.18. The average molecular weight is 190 g/mol. The Balaban J connectivity index is 2.47. The minimum atomic E-state index is 0.137. The monoisotopic (exact) mass is 190 g/mol. The van der Waals surface area contributed by atoms with Gasteiger partial charge in [-0.05, 0) is 12.1 Å². The highest BCUT2D eigenvalue weighted by Crippen LogP contribution is 2.28. The van der Waals surface area contributed by atoms with Gasteiger partial charge in [0.15, 0.2) is 5.75 Å². The van der Waals surface area contributed by atoms with Gasteiger partial charge in [0.05, 0.1) is 13.3 Å². The molecule has 1 heterocycles. The van der Waals surface area contributed by atoms with Crippen LogP contribution in [0.2, 0.25) is 0 Å². The summed E-state index contributed by atoms with van der Waals surface area (Å²) in [5.74, 6) is 0.884.